The first-order valence-electron chi connectivity index (χ1n) is 5.60. The molecule has 2 nitrogen and oxygen atoms in total. The zero-order chi connectivity index (χ0) is 11.1. The van der Waals surface area contributed by atoms with Gasteiger partial charge in [0, 0.05) is 24.7 Å². The number of Topliss-reactive ketones (excluding diaryl/α,β-unsaturated/α-hetero) is 1. The molecule has 0 N–H and O–H groups in total. The first-order chi connectivity index (χ1) is 7.18. The summed E-state index contributed by atoms with van der Waals surface area (Å²) in [4.78, 5) is 15.6. The van der Waals surface area contributed by atoms with E-state index in [2.05, 4.69) is 18.8 Å². The highest BCUT2D eigenvalue weighted by Gasteiger charge is 2.04. The molecule has 0 aliphatic rings. The van der Waals surface area contributed by atoms with Crippen LogP contribution < -0.4 is 0 Å². The molecule has 2 heteroatoms. The van der Waals surface area contributed by atoms with Gasteiger partial charge in [-0.2, -0.15) is 0 Å². The lowest BCUT2D eigenvalue weighted by Crippen LogP contribution is -2.03. The lowest BCUT2D eigenvalue weighted by atomic mass is 10.0. The van der Waals surface area contributed by atoms with Crippen molar-refractivity contribution in [2.24, 2.45) is 5.92 Å². The van der Waals surface area contributed by atoms with Gasteiger partial charge in [0.2, 0.25) is 0 Å². The van der Waals surface area contributed by atoms with Gasteiger partial charge in [-0.3, -0.25) is 9.78 Å². The Morgan fingerprint density at radius 2 is 2.20 bits per heavy atom. The Kier molecular flexibility index (Phi) is 5.02. The summed E-state index contributed by atoms with van der Waals surface area (Å²) in [6.07, 6.45) is 5.02. The molecule has 1 aromatic heterocycles. The predicted molar refractivity (Wildman–Crippen MR) is 61.6 cm³/mol. The standard InChI is InChI=1S/C13H19NO/c1-11(2)10-13(15)8-5-7-12-6-3-4-9-14-12/h3-4,6,9,11H,5,7-8,10H2,1-2H3. The van der Waals surface area contributed by atoms with Gasteiger partial charge >= 0.3 is 0 Å². The Bertz CT molecular complexity index is 293. The summed E-state index contributed by atoms with van der Waals surface area (Å²) in [5.41, 5.74) is 1.08. The SMILES string of the molecule is CC(C)CC(=O)CCCc1ccccn1. The van der Waals surface area contributed by atoms with Crippen molar-refractivity contribution in [1.82, 2.24) is 4.98 Å². The summed E-state index contributed by atoms with van der Waals surface area (Å²) in [6, 6.07) is 5.90. The minimum absolute atomic E-state index is 0.376. The second-order valence-corrected chi connectivity index (χ2v) is 4.31. The Labute approximate surface area is 91.7 Å². The van der Waals surface area contributed by atoms with Crippen LogP contribution in [-0.2, 0) is 11.2 Å². The van der Waals surface area contributed by atoms with Crippen molar-refractivity contribution in [2.45, 2.75) is 39.5 Å². The van der Waals surface area contributed by atoms with Crippen LogP contribution >= 0.6 is 0 Å². The average Bonchev–Trinajstić information content (AvgIpc) is 2.18. The van der Waals surface area contributed by atoms with E-state index in [4.69, 9.17) is 0 Å². The van der Waals surface area contributed by atoms with E-state index in [1.807, 2.05) is 18.2 Å². The molecule has 1 aromatic rings. The molecule has 0 saturated carbocycles. The fraction of sp³-hybridized carbons (Fsp3) is 0.538. The topological polar surface area (TPSA) is 30.0 Å². The van der Waals surface area contributed by atoms with Crippen LogP contribution in [0.5, 0.6) is 0 Å². The molecule has 15 heavy (non-hydrogen) atoms. The van der Waals surface area contributed by atoms with Crippen LogP contribution in [0.3, 0.4) is 0 Å². The Balaban J connectivity index is 2.19. The maximum absolute atomic E-state index is 11.4. The molecule has 0 fully saturated rings. The molecule has 82 valence electrons. The van der Waals surface area contributed by atoms with Crippen molar-refractivity contribution in [3.05, 3.63) is 30.1 Å². The average molecular weight is 205 g/mol. The number of aromatic nitrogens is 1. The maximum atomic E-state index is 11.4. The molecular formula is C13H19NO. The summed E-state index contributed by atoms with van der Waals surface area (Å²) in [6.45, 7) is 4.16. The Morgan fingerprint density at radius 1 is 1.40 bits per heavy atom. The third-order valence-electron chi connectivity index (χ3n) is 2.25. The van der Waals surface area contributed by atoms with Gasteiger partial charge in [-0.1, -0.05) is 19.9 Å². The first-order valence-corrected chi connectivity index (χ1v) is 5.60. The number of hydrogen-bond acceptors (Lipinski definition) is 2. The summed E-state index contributed by atoms with van der Waals surface area (Å²) in [7, 11) is 0. The quantitative estimate of drug-likeness (QED) is 0.714. The molecule has 0 amide bonds. The summed E-state index contributed by atoms with van der Waals surface area (Å²) >= 11 is 0. The first kappa shape index (κ1) is 11.9. The van der Waals surface area contributed by atoms with E-state index in [9.17, 15) is 4.79 Å². The monoisotopic (exact) mass is 205 g/mol. The van der Waals surface area contributed by atoms with E-state index in [1.165, 1.54) is 0 Å². The molecular weight excluding hydrogens is 186 g/mol. The number of carbonyl (C=O) groups is 1. The van der Waals surface area contributed by atoms with Crippen LogP contribution in [-0.4, -0.2) is 10.8 Å². The Morgan fingerprint density at radius 3 is 2.80 bits per heavy atom. The second-order valence-electron chi connectivity index (χ2n) is 4.31. The number of rotatable bonds is 6. The van der Waals surface area contributed by atoms with Gasteiger partial charge in [0.25, 0.3) is 0 Å². The summed E-state index contributed by atoms with van der Waals surface area (Å²) < 4.78 is 0. The minimum atomic E-state index is 0.376. The van der Waals surface area contributed by atoms with Crippen LogP contribution in [0.4, 0.5) is 0 Å². The van der Waals surface area contributed by atoms with Gasteiger partial charge < -0.3 is 0 Å². The number of carbonyl (C=O) groups excluding carboxylic acids is 1. The molecule has 0 aromatic carbocycles. The third-order valence-corrected chi connectivity index (χ3v) is 2.25. The highest BCUT2D eigenvalue weighted by Crippen LogP contribution is 2.07. The van der Waals surface area contributed by atoms with Crippen LogP contribution in [0.25, 0.3) is 0 Å². The van der Waals surface area contributed by atoms with Gasteiger partial charge in [0.05, 0.1) is 0 Å². The van der Waals surface area contributed by atoms with E-state index >= 15 is 0 Å². The molecule has 0 radical (unpaired) electrons. The van der Waals surface area contributed by atoms with Crippen molar-refractivity contribution in [2.75, 3.05) is 0 Å². The smallest absolute Gasteiger partial charge is 0.133 e. The third kappa shape index (κ3) is 5.31. The van der Waals surface area contributed by atoms with Crippen molar-refractivity contribution in [3.8, 4) is 0 Å². The zero-order valence-electron chi connectivity index (χ0n) is 9.57. The fourth-order valence-corrected chi connectivity index (χ4v) is 1.57. The normalized spacial score (nSPS) is 10.6. The highest BCUT2D eigenvalue weighted by atomic mass is 16.1. The van der Waals surface area contributed by atoms with Gasteiger partial charge in [-0.15, -0.1) is 0 Å². The van der Waals surface area contributed by atoms with Crippen LogP contribution in [0.2, 0.25) is 0 Å². The van der Waals surface area contributed by atoms with E-state index in [1.54, 1.807) is 6.20 Å². The van der Waals surface area contributed by atoms with Crippen molar-refractivity contribution in [1.29, 1.82) is 0 Å². The van der Waals surface area contributed by atoms with Crippen molar-refractivity contribution < 1.29 is 4.79 Å². The van der Waals surface area contributed by atoms with E-state index in [0.717, 1.165) is 18.5 Å². The lowest BCUT2D eigenvalue weighted by molar-refractivity contribution is -0.119. The number of hydrogen-bond donors (Lipinski definition) is 0. The van der Waals surface area contributed by atoms with Crippen molar-refractivity contribution >= 4 is 5.78 Å². The van der Waals surface area contributed by atoms with Crippen LogP contribution in [0.1, 0.15) is 38.8 Å². The van der Waals surface area contributed by atoms with Crippen LogP contribution in [0.15, 0.2) is 24.4 Å². The van der Waals surface area contributed by atoms with E-state index < -0.39 is 0 Å². The lowest BCUT2D eigenvalue weighted by Gasteiger charge is -2.03. The van der Waals surface area contributed by atoms with Gasteiger partial charge in [0.15, 0.2) is 0 Å². The second kappa shape index (κ2) is 6.33. The molecule has 0 unspecified atom stereocenters. The number of nitrogens with zero attached hydrogens (tertiary/aromatic N) is 1. The number of ketones is 1. The number of pyridine rings is 1. The van der Waals surface area contributed by atoms with E-state index in [-0.39, 0.29) is 0 Å². The highest BCUT2D eigenvalue weighted by molar-refractivity contribution is 5.78. The number of aryl methyl sites for hydroxylation is 1. The van der Waals surface area contributed by atoms with Gasteiger partial charge in [-0.05, 0) is 30.9 Å². The summed E-state index contributed by atoms with van der Waals surface area (Å²) in [5, 5.41) is 0. The molecule has 0 spiro atoms. The van der Waals surface area contributed by atoms with Gasteiger partial charge in [-0.25, -0.2) is 0 Å². The molecule has 1 heterocycles. The fourth-order valence-electron chi connectivity index (χ4n) is 1.57. The molecule has 0 saturated heterocycles. The van der Waals surface area contributed by atoms with Crippen LogP contribution in [0, 0.1) is 5.92 Å². The molecule has 0 bridgehead atoms. The molecule has 1 rings (SSSR count). The molecule has 0 atom stereocenters. The van der Waals surface area contributed by atoms with Crippen molar-refractivity contribution in [3.63, 3.8) is 0 Å². The molecule has 0 aliphatic heterocycles. The minimum Gasteiger partial charge on any atom is -0.300 e. The Hall–Kier alpha value is -1.18. The van der Waals surface area contributed by atoms with E-state index in [0.29, 0.717) is 24.5 Å². The molecule has 0 aliphatic carbocycles. The predicted octanol–water partition coefficient (Wildman–Crippen LogP) is 3.02. The summed E-state index contributed by atoms with van der Waals surface area (Å²) in [5.74, 6) is 0.855. The maximum Gasteiger partial charge on any atom is 0.133 e. The van der Waals surface area contributed by atoms with Gasteiger partial charge in [0.1, 0.15) is 5.78 Å². The largest absolute Gasteiger partial charge is 0.300 e. The zero-order valence-corrected chi connectivity index (χ0v) is 9.57.